The van der Waals surface area contributed by atoms with Gasteiger partial charge in [0, 0.05) is 0 Å². The monoisotopic (exact) mass is 371 g/mol. The fraction of sp³-hybridized carbons (Fsp3) is 0.450. The molecule has 0 radical (unpaired) electrons. The van der Waals surface area contributed by atoms with E-state index in [0.29, 0.717) is 11.0 Å². The minimum absolute atomic E-state index is 0.0534. The van der Waals surface area contributed by atoms with Crippen LogP contribution in [0.2, 0.25) is 0 Å². The van der Waals surface area contributed by atoms with Gasteiger partial charge in [0.2, 0.25) is 5.95 Å². The first-order valence-corrected chi connectivity index (χ1v) is 8.58. The van der Waals surface area contributed by atoms with Crippen molar-refractivity contribution in [1.82, 2.24) is 9.55 Å². The summed E-state index contributed by atoms with van der Waals surface area (Å²) in [6.45, 7) is 10.4. The fourth-order valence-corrected chi connectivity index (χ4v) is 2.31. The number of nitrogens with zero attached hydrogens (tertiary/aromatic N) is 3. The quantitative estimate of drug-likeness (QED) is 0.740. The van der Waals surface area contributed by atoms with Gasteiger partial charge in [-0.15, -0.1) is 6.42 Å². The zero-order chi connectivity index (χ0) is 20.4. The fourth-order valence-electron chi connectivity index (χ4n) is 2.31. The Bertz CT molecular complexity index is 895. The molecule has 0 saturated carbocycles. The highest BCUT2D eigenvalue weighted by molar-refractivity contribution is 5.96. The molecule has 0 aliphatic heterocycles. The highest BCUT2D eigenvalue weighted by Gasteiger charge is 2.31. The number of aromatic nitrogens is 2. The summed E-state index contributed by atoms with van der Waals surface area (Å²) < 4.78 is 12.2. The number of carbonyl (C=O) groups excluding carboxylic acids is 2. The summed E-state index contributed by atoms with van der Waals surface area (Å²) in [4.78, 5) is 31.1. The van der Waals surface area contributed by atoms with Crippen molar-refractivity contribution in [2.24, 2.45) is 0 Å². The van der Waals surface area contributed by atoms with Gasteiger partial charge >= 0.3 is 12.2 Å². The molecule has 2 rings (SSSR count). The van der Waals surface area contributed by atoms with E-state index in [-0.39, 0.29) is 12.5 Å². The summed E-state index contributed by atoms with van der Waals surface area (Å²) in [6.07, 6.45) is 4.09. The van der Waals surface area contributed by atoms with Crippen LogP contribution in [0.4, 0.5) is 15.5 Å². The van der Waals surface area contributed by atoms with Crippen molar-refractivity contribution in [1.29, 1.82) is 0 Å². The summed E-state index contributed by atoms with van der Waals surface area (Å²) in [5.41, 5.74) is -0.411. The maximum absolute atomic E-state index is 12.8. The number of anilines is 1. The Hall–Kier alpha value is -3.01. The van der Waals surface area contributed by atoms with E-state index in [1.54, 1.807) is 65.8 Å². The summed E-state index contributed by atoms with van der Waals surface area (Å²) >= 11 is 0. The SMILES string of the molecule is C#CCN(C(=O)OC(C)(C)C)c1nc2ccccc2n1C(=O)OC(C)(C)C. The molecule has 0 bridgehead atoms. The molecule has 0 atom stereocenters. The number of ether oxygens (including phenoxy) is 2. The van der Waals surface area contributed by atoms with Crippen molar-refractivity contribution in [2.75, 3.05) is 11.4 Å². The first-order valence-electron chi connectivity index (χ1n) is 8.58. The molecule has 0 aliphatic carbocycles. The third kappa shape index (κ3) is 5.00. The number of imidazole rings is 1. The van der Waals surface area contributed by atoms with Gasteiger partial charge in [-0.05, 0) is 53.7 Å². The summed E-state index contributed by atoms with van der Waals surface area (Å²) in [7, 11) is 0. The Kier molecular flexibility index (Phi) is 5.50. The number of carbonyl (C=O) groups is 2. The average molecular weight is 371 g/mol. The molecule has 27 heavy (non-hydrogen) atoms. The molecule has 0 aliphatic rings. The van der Waals surface area contributed by atoms with E-state index >= 15 is 0 Å². The number of para-hydroxylation sites is 2. The van der Waals surface area contributed by atoms with E-state index in [0.717, 1.165) is 4.90 Å². The molecule has 144 valence electrons. The van der Waals surface area contributed by atoms with Crippen LogP contribution in [-0.2, 0) is 9.47 Å². The van der Waals surface area contributed by atoms with Gasteiger partial charge in [0.05, 0.1) is 17.6 Å². The van der Waals surface area contributed by atoms with Gasteiger partial charge < -0.3 is 9.47 Å². The summed E-state index contributed by atoms with van der Waals surface area (Å²) in [5, 5.41) is 0. The molecule has 1 amide bonds. The zero-order valence-electron chi connectivity index (χ0n) is 16.6. The molecule has 0 unspecified atom stereocenters. The minimum Gasteiger partial charge on any atom is -0.443 e. The topological polar surface area (TPSA) is 73.7 Å². The maximum atomic E-state index is 12.8. The van der Waals surface area contributed by atoms with Crippen LogP contribution >= 0.6 is 0 Å². The smallest absolute Gasteiger partial charge is 0.421 e. The third-order valence-corrected chi connectivity index (χ3v) is 3.22. The molecule has 0 fully saturated rings. The molecular weight excluding hydrogens is 346 g/mol. The van der Waals surface area contributed by atoms with Crippen molar-refractivity contribution in [2.45, 2.75) is 52.7 Å². The molecule has 2 aromatic rings. The van der Waals surface area contributed by atoms with Gasteiger partial charge in [-0.1, -0.05) is 18.1 Å². The van der Waals surface area contributed by atoms with Crippen LogP contribution in [-0.4, -0.2) is 39.5 Å². The Morgan fingerprint density at radius 3 is 2.26 bits per heavy atom. The summed E-state index contributed by atoms with van der Waals surface area (Å²) in [5.74, 6) is 2.46. The van der Waals surface area contributed by atoms with Crippen LogP contribution in [0.25, 0.3) is 11.0 Å². The van der Waals surface area contributed by atoms with Crippen LogP contribution in [0.3, 0.4) is 0 Å². The van der Waals surface area contributed by atoms with Gasteiger partial charge in [0.15, 0.2) is 0 Å². The number of hydrogen-bond acceptors (Lipinski definition) is 5. The lowest BCUT2D eigenvalue weighted by atomic mass is 10.2. The van der Waals surface area contributed by atoms with Crippen LogP contribution in [0.5, 0.6) is 0 Å². The number of amides is 1. The Morgan fingerprint density at radius 1 is 1.11 bits per heavy atom. The van der Waals surface area contributed by atoms with Crippen LogP contribution in [0.1, 0.15) is 41.5 Å². The zero-order valence-corrected chi connectivity index (χ0v) is 16.6. The predicted molar refractivity (Wildman–Crippen MR) is 104 cm³/mol. The summed E-state index contributed by atoms with van der Waals surface area (Å²) in [6, 6.07) is 7.02. The number of benzene rings is 1. The first-order chi connectivity index (χ1) is 12.4. The second-order valence-corrected chi connectivity index (χ2v) is 7.99. The van der Waals surface area contributed by atoms with E-state index in [4.69, 9.17) is 15.9 Å². The van der Waals surface area contributed by atoms with E-state index in [1.165, 1.54) is 4.57 Å². The second-order valence-electron chi connectivity index (χ2n) is 7.99. The number of rotatable bonds is 2. The van der Waals surface area contributed by atoms with Gasteiger partial charge in [0.1, 0.15) is 11.2 Å². The molecule has 7 nitrogen and oxygen atoms in total. The second kappa shape index (κ2) is 7.31. The van der Waals surface area contributed by atoms with Crippen molar-refractivity contribution in [3.05, 3.63) is 24.3 Å². The van der Waals surface area contributed by atoms with Gasteiger partial charge in [-0.2, -0.15) is 0 Å². The molecular formula is C20H25N3O4. The van der Waals surface area contributed by atoms with Crippen molar-refractivity contribution in [3.63, 3.8) is 0 Å². The lowest BCUT2D eigenvalue weighted by Gasteiger charge is -2.26. The van der Waals surface area contributed by atoms with Crippen molar-refractivity contribution in [3.8, 4) is 12.3 Å². The molecule has 7 heteroatoms. The van der Waals surface area contributed by atoms with E-state index in [9.17, 15) is 9.59 Å². The number of fused-ring (bicyclic) bond motifs is 1. The van der Waals surface area contributed by atoms with Gasteiger partial charge in [-0.25, -0.2) is 24.0 Å². The lowest BCUT2D eigenvalue weighted by Crippen LogP contribution is -2.40. The highest BCUT2D eigenvalue weighted by Crippen LogP contribution is 2.25. The van der Waals surface area contributed by atoms with Crippen LogP contribution in [0.15, 0.2) is 24.3 Å². The Morgan fingerprint density at radius 2 is 1.70 bits per heavy atom. The Labute approximate surface area is 159 Å². The molecule has 0 N–H and O–H groups in total. The van der Waals surface area contributed by atoms with E-state index in [1.807, 2.05) is 0 Å². The molecule has 0 spiro atoms. The normalized spacial score (nSPS) is 11.7. The van der Waals surface area contributed by atoms with Crippen molar-refractivity contribution < 1.29 is 19.1 Å². The number of hydrogen-bond donors (Lipinski definition) is 0. The van der Waals surface area contributed by atoms with Crippen LogP contribution in [0, 0.1) is 12.3 Å². The largest absolute Gasteiger partial charge is 0.443 e. The Balaban J connectivity index is 2.60. The van der Waals surface area contributed by atoms with Crippen LogP contribution < -0.4 is 4.90 Å². The minimum atomic E-state index is -0.729. The maximum Gasteiger partial charge on any atom is 0.421 e. The number of terminal acetylenes is 1. The molecule has 1 aromatic carbocycles. The van der Waals surface area contributed by atoms with E-state index in [2.05, 4.69) is 10.9 Å². The third-order valence-electron chi connectivity index (χ3n) is 3.22. The van der Waals surface area contributed by atoms with E-state index < -0.39 is 23.4 Å². The van der Waals surface area contributed by atoms with Gasteiger partial charge in [-0.3, -0.25) is 0 Å². The standard InChI is InChI=1S/C20H25N3O4/c1-8-13-22(17(24)26-19(2,3)4)16-21-14-11-9-10-12-15(14)23(16)18(25)27-20(5,6)7/h1,9-12H,13H2,2-7H3. The predicted octanol–water partition coefficient (Wildman–Crippen LogP) is 4.19. The first kappa shape index (κ1) is 20.3. The molecule has 0 saturated heterocycles. The van der Waals surface area contributed by atoms with Crippen molar-refractivity contribution >= 4 is 29.2 Å². The highest BCUT2D eigenvalue weighted by atomic mass is 16.6. The van der Waals surface area contributed by atoms with Gasteiger partial charge in [0.25, 0.3) is 0 Å². The molecule has 1 heterocycles. The average Bonchev–Trinajstić information content (AvgIpc) is 2.88. The lowest BCUT2D eigenvalue weighted by molar-refractivity contribution is 0.0539. The molecule has 1 aromatic heterocycles.